The quantitative estimate of drug-likeness (QED) is 0.840. The minimum absolute atomic E-state index is 0.0187. The average molecular weight is 376 g/mol. The van der Waals surface area contributed by atoms with Crippen LogP contribution in [-0.4, -0.2) is 49.8 Å². The van der Waals surface area contributed by atoms with Crippen LogP contribution in [0.15, 0.2) is 23.1 Å². The number of hydrogen-bond donors (Lipinski definition) is 2. The Kier molecular flexibility index (Phi) is 5.61. The van der Waals surface area contributed by atoms with Gasteiger partial charge in [0.2, 0.25) is 0 Å². The highest BCUT2D eigenvalue weighted by molar-refractivity contribution is 7.90. The Morgan fingerprint density at radius 2 is 2.04 bits per heavy atom. The van der Waals surface area contributed by atoms with Crippen molar-refractivity contribution in [2.45, 2.75) is 24.2 Å². The van der Waals surface area contributed by atoms with Crippen LogP contribution in [0.2, 0.25) is 0 Å². The Morgan fingerprint density at radius 1 is 1.36 bits per heavy atom. The predicted molar refractivity (Wildman–Crippen MR) is 85.5 cm³/mol. The van der Waals surface area contributed by atoms with Crippen LogP contribution in [0.1, 0.15) is 24.8 Å². The number of nitrogens with one attached hydrogen (secondary N) is 1. The second-order valence-electron chi connectivity index (χ2n) is 5.88. The van der Waals surface area contributed by atoms with Crippen molar-refractivity contribution in [1.29, 1.82) is 0 Å². The number of carbonyl (C=O) groups excluding carboxylic acids is 1. The van der Waals surface area contributed by atoms with E-state index < -0.39 is 44.6 Å². The Hall–Kier alpha value is -2.23. The molecule has 2 N–H and O–H groups in total. The number of benzene rings is 1. The molecule has 0 aliphatic carbocycles. The van der Waals surface area contributed by atoms with Crippen LogP contribution in [0.4, 0.5) is 19.3 Å². The molecule has 1 aromatic carbocycles. The van der Waals surface area contributed by atoms with Crippen molar-refractivity contribution in [3.8, 4) is 0 Å². The number of nitrogens with zero attached hydrogens (tertiary/aromatic N) is 1. The number of anilines is 1. The number of halogens is 2. The summed E-state index contributed by atoms with van der Waals surface area (Å²) in [6.45, 7) is 0.392. The molecule has 2 rings (SSSR count). The molecule has 1 unspecified atom stereocenters. The molecule has 0 spiro atoms. The summed E-state index contributed by atoms with van der Waals surface area (Å²) >= 11 is 0. The highest BCUT2D eigenvalue weighted by atomic mass is 32.2. The Bertz CT molecular complexity index is 782. The Balaban J connectivity index is 2.18. The maximum atomic E-state index is 13.1. The fraction of sp³-hybridized carbons (Fsp3) is 0.467. The van der Waals surface area contributed by atoms with Crippen molar-refractivity contribution in [2.24, 2.45) is 5.92 Å². The third-order valence-corrected chi connectivity index (χ3v) is 5.12. The van der Waals surface area contributed by atoms with Crippen molar-refractivity contribution < 1.29 is 31.9 Å². The molecule has 1 heterocycles. The van der Waals surface area contributed by atoms with E-state index in [1.807, 2.05) is 0 Å². The van der Waals surface area contributed by atoms with Gasteiger partial charge in [-0.25, -0.2) is 22.0 Å². The largest absolute Gasteiger partial charge is 0.481 e. The third-order valence-electron chi connectivity index (χ3n) is 3.95. The molecule has 0 bridgehead atoms. The molecule has 7 nitrogen and oxygen atoms in total. The number of carboxylic acids is 1. The highest BCUT2D eigenvalue weighted by Crippen LogP contribution is 2.29. The summed E-state index contributed by atoms with van der Waals surface area (Å²) in [6, 6.07) is 2.54. The summed E-state index contributed by atoms with van der Waals surface area (Å²) in [5.41, 5.74) is -0.674. The van der Waals surface area contributed by atoms with Gasteiger partial charge in [-0.15, -0.1) is 0 Å². The lowest BCUT2D eigenvalue weighted by Gasteiger charge is -2.30. The molecule has 10 heteroatoms. The minimum Gasteiger partial charge on any atom is -0.481 e. The van der Waals surface area contributed by atoms with Crippen molar-refractivity contribution in [3.63, 3.8) is 0 Å². The van der Waals surface area contributed by atoms with Gasteiger partial charge in [0.25, 0.3) is 6.43 Å². The predicted octanol–water partition coefficient (Wildman–Crippen LogP) is 2.36. The summed E-state index contributed by atoms with van der Waals surface area (Å²) in [7, 11) is -3.83. The zero-order chi connectivity index (χ0) is 18.8. The van der Waals surface area contributed by atoms with Crippen LogP contribution in [0, 0.1) is 5.92 Å². The lowest BCUT2D eigenvalue weighted by molar-refractivity contribution is -0.143. The zero-order valence-corrected chi connectivity index (χ0v) is 14.2. The highest BCUT2D eigenvalue weighted by Gasteiger charge is 2.28. The first-order chi connectivity index (χ1) is 11.6. The first kappa shape index (κ1) is 19.1. The monoisotopic (exact) mass is 376 g/mol. The molecule has 1 aliphatic rings. The SMILES string of the molecule is CS(=O)(=O)c1ccc(NC(=O)N2CCCC(C(=O)O)C2)cc1C(F)F. The number of carbonyl (C=O) groups is 2. The number of sulfone groups is 1. The van der Waals surface area contributed by atoms with Gasteiger partial charge in [-0.05, 0) is 31.0 Å². The first-order valence-corrected chi connectivity index (χ1v) is 9.39. The number of amides is 2. The van der Waals surface area contributed by atoms with E-state index in [2.05, 4.69) is 5.32 Å². The summed E-state index contributed by atoms with van der Waals surface area (Å²) in [5.74, 6) is -1.65. The van der Waals surface area contributed by atoms with Gasteiger partial charge in [-0.3, -0.25) is 4.79 Å². The van der Waals surface area contributed by atoms with Crippen LogP contribution >= 0.6 is 0 Å². The van der Waals surface area contributed by atoms with Gasteiger partial charge in [0, 0.05) is 30.6 Å². The number of hydrogen-bond acceptors (Lipinski definition) is 4. The van der Waals surface area contributed by atoms with Crippen LogP contribution in [-0.2, 0) is 14.6 Å². The van der Waals surface area contributed by atoms with E-state index in [1.54, 1.807) is 0 Å². The molecular formula is C15H18F2N2O5S. The average Bonchev–Trinajstić information content (AvgIpc) is 2.53. The van der Waals surface area contributed by atoms with Crippen LogP contribution < -0.4 is 5.32 Å². The molecule has 1 atom stereocenters. The number of rotatable bonds is 4. The molecule has 0 saturated carbocycles. The molecule has 1 saturated heterocycles. The number of alkyl halides is 2. The van der Waals surface area contributed by atoms with Crippen molar-refractivity contribution in [1.82, 2.24) is 4.90 Å². The minimum atomic E-state index is -3.83. The summed E-state index contributed by atoms with van der Waals surface area (Å²) in [4.78, 5) is 24.1. The molecule has 1 fully saturated rings. The number of piperidine rings is 1. The molecule has 0 aromatic heterocycles. The molecule has 2 amide bonds. The lowest BCUT2D eigenvalue weighted by atomic mass is 9.99. The van der Waals surface area contributed by atoms with E-state index >= 15 is 0 Å². The van der Waals surface area contributed by atoms with E-state index in [1.165, 1.54) is 11.0 Å². The fourth-order valence-electron chi connectivity index (χ4n) is 2.70. The lowest BCUT2D eigenvalue weighted by Crippen LogP contribution is -2.44. The van der Waals surface area contributed by atoms with E-state index in [-0.39, 0.29) is 12.2 Å². The first-order valence-electron chi connectivity index (χ1n) is 7.50. The van der Waals surface area contributed by atoms with Gasteiger partial charge >= 0.3 is 12.0 Å². The van der Waals surface area contributed by atoms with Crippen LogP contribution in [0.25, 0.3) is 0 Å². The van der Waals surface area contributed by atoms with Gasteiger partial charge in [-0.1, -0.05) is 0 Å². The number of urea groups is 1. The molecule has 25 heavy (non-hydrogen) atoms. The molecule has 0 radical (unpaired) electrons. The van der Waals surface area contributed by atoms with Gasteiger partial charge < -0.3 is 15.3 Å². The van der Waals surface area contributed by atoms with Gasteiger partial charge in [0.1, 0.15) is 0 Å². The van der Waals surface area contributed by atoms with E-state index in [0.29, 0.717) is 19.4 Å². The molecular weight excluding hydrogens is 358 g/mol. The number of aliphatic carboxylic acids is 1. The standard InChI is InChI=1S/C15H18F2N2O5S/c1-25(23,24)12-5-4-10(7-11(12)13(16)17)18-15(22)19-6-2-3-9(8-19)14(20)21/h4-5,7,9,13H,2-3,6,8H2,1H3,(H,18,22)(H,20,21). The summed E-state index contributed by atoms with van der Waals surface area (Å²) in [6.07, 6.45) is -1.20. The summed E-state index contributed by atoms with van der Waals surface area (Å²) < 4.78 is 49.3. The maximum absolute atomic E-state index is 13.1. The molecule has 1 aromatic rings. The van der Waals surface area contributed by atoms with Gasteiger partial charge in [-0.2, -0.15) is 0 Å². The van der Waals surface area contributed by atoms with E-state index in [9.17, 15) is 26.8 Å². The zero-order valence-electron chi connectivity index (χ0n) is 13.4. The topological polar surface area (TPSA) is 104 Å². The van der Waals surface area contributed by atoms with Crippen LogP contribution in [0.3, 0.4) is 0 Å². The van der Waals surface area contributed by atoms with Gasteiger partial charge in [0.15, 0.2) is 9.84 Å². The van der Waals surface area contributed by atoms with Crippen molar-refractivity contribution in [3.05, 3.63) is 23.8 Å². The number of carboxylic acid groups (broad SMARTS) is 1. The van der Waals surface area contributed by atoms with Gasteiger partial charge in [0.05, 0.1) is 10.8 Å². The van der Waals surface area contributed by atoms with E-state index in [0.717, 1.165) is 18.4 Å². The molecule has 138 valence electrons. The maximum Gasteiger partial charge on any atom is 0.321 e. The third kappa shape index (κ3) is 4.65. The fourth-order valence-corrected chi connectivity index (χ4v) is 3.59. The van der Waals surface area contributed by atoms with Crippen molar-refractivity contribution in [2.75, 3.05) is 24.7 Å². The van der Waals surface area contributed by atoms with Crippen molar-refractivity contribution >= 4 is 27.5 Å². The second kappa shape index (κ2) is 7.34. The summed E-state index contributed by atoms with van der Waals surface area (Å²) in [5, 5.41) is 11.4. The Morgan fingerprint density at radius 3 is 2.60 bits per heavy atom. The normalized spacial score (nSPS) is 18.2. The second-order valence-corrected chi connectivity index (χ2v) is 7.86. The molecule has 1 aliphatic heterocycles. The van der Waals surface area contributed by atoms with Crippen LogP contribution in [0.5, 0.6) is 0 Å². The van der Waals surface area contributed by atoms with E-state index in [4.69, 9.17) is 5.11 Å². The smallest absolute Gasteiger partial charge is 0.321 e. The number of likely N-dealkylation sites (tertiary alicyclic amines) is 1. The Labute approximate surface area is 143 Å².